The zero-order valence-electron chi connectivity index (χ0n) is 17.1. The number of likely N-dealkylation sites (N-methyl/N-ethyl adjacent to an activating group) is 1. The first kappa shape index (κ1) is 21.4. The van der Waals surface area contributed by atoms with Crippen LogP contribution in [-0.4, -0.2) is 60.9 Å². The average Bonchev–Trinajstić information content (AvgIpc) is 3.45. The lowest BCUT2D eigenvalue weighted by Gasteiger charge is -2.23. The van der Waals surface area contributed by atoms with Gasteiger partial charge in [-0.15, -0.1) is 0 Å². The van der Waals surface area contributed by atoms with Crippen LogP contribution in [0, 0.1) is 0 Å². The number of rotatable bonds is 8. The van der Waals surface area contributed by atoms with E-state index >= 15 is 0 Å². The monoisotopic (exact) mass is 414 g/mol. The van der Waals surface area contributed by atoms with Gasteiger partial charge in [-0.25, -0.2) is 4.98 Å². The normalized spacial score (nSPS) is 15.7. The van der Waals surface area contributed by atoms with E-state index in [0.717, 1.165) is 17.7 Å². The molecule has 0 aliphatic carbocycles. The first-order chi connectivity index (χ1) is 14.5. The highest BCUT2D eigenvalue weighted by Crippen LogP contribution is 2.23. The van der Waals surface area contributed by atoms with Crippen molar-refractivity contribution in [1.29, 1.82) is 0 Å². The molecule has 3 amide bonds. The number of benzene rings is 1. The van der Waals surface area contributed by atoms with Gasteiger partial charge in [-0.1, -0.05) is 0 Å². The number of nitrogens with one attached hydrogen (secondary N) is 2. The third kappa shape index (κ3) is 5.16. The predicted molar refractivity (Wildman–Crippen MR) is 109 cm³/mol. The second kappa shape index (κ2) is 9.91. The lowest BCUT2D eigenvalue weighted by atomic mass is 10.2. The summed E-state index contributed by atoms with van der Waals surface area (Å²) in [5.74, 6) is 1.10. The van der Waals surface area contributed by atoms with Crippen molar-refractivity contribution in [2.75, 3.05) is 27.2 Å². The molecule has 1 aliphatic rings. The Bertz CT molecular complexity index is 893. The second-order valence-electron chi connectivity index (χ2n) is 6.98. The Morgan fingerprint density at radius 2 is 2.03 bits per heavy atom. The zero-order valence-corrected chi connectivity index (χ0v) is 17.1. The summed E-state index contributed by atoms with van der Waals surface area (Å²) < 4.78 is 10.8. The lowest BCUT2D eigenvalue weighted by molar-refractivity contribution is -0.138. The molecule has 1 unspecified atom stereocenters. The van der Waals surface area contributed by atoms with Gasteiger partial charge in [0.2, 0.25) is 17.7 Å². The van der Waals surface area contributed by atoms with Crippen molar-refractivity contribution in [3.05, 3.63) is 36.4 Å². The van der Waals surface area contributed by atoms with E-state index < -0.39 is 6.04 Å². The van der Waals surface area contributed by atoms with Gasteiger partial charge in [0.25, 0.3) is 0 Å². The molecule has 1 aliphatic heterocycles. The molecule has 1 aromatic carbocycles. The van der Waals surface area contributed by atoms with Crippen LogP contribution in [0.5, 0.6) is 5.75 Å². The summed E-state index contributed by atoms with van der Waals surface area (Å²) in [6.07, 6.45) is 3.50. The number of aryl methyl sites for hydroxylation is 1. The maximum Gasteiger partial charge on any atom is 0.242 e. The van der Waals surface area contributed by atoms with Crippen LogP contribution in [0.1, 0.15) is 25.2 Å². The predicted octanol–water partition coefficient (Wildman–Crippen LogP) is 1.14. The number of methoxy groups -OCH3 is 1. The van der Waals surface area contributed by atoms with E-state index in [1.165, 1.54) is 4.90 Å². The molecular weight excluding hydrogens is 388 g/mol. The van der Waals surface area contributed by atoms with E-state index in [4.69, 9.17) is 9.15 Å². The van der Waals surface area contributed by atoms with Crippen LogP contribution in [0.4, 0.5) is 0 Å². The molecular formula is C21H26N4O5. The number of amides is 3. The number of nitrogens with zero attached hydrogens (tertiary/aromatic N) is 2. The van der Waals surface area contributed by atoms with E-state index in [2.05, 4.69) is 15.6 Å². The van der Waals surface area contributed by atoms with Crippen LogP contribution in [0.15, 0.2) is 34.9 Å². The Labute approximate surface area is 174 Å². The van der Waals surface area contributed by atoms with Crippen molar-refractivity contribution in [3.63, 3.8) is 0 Å². The molecule has 30 heavy (non-hydrogen) atoms. The van der Waals surface area contributed by atoms with Crippen LogP contribution in [0.3, 0.4) is 0 Å². The molecule has 1 saturated heterocycles. The van der Waals surface area contributed by atoms with Gasteiger partial charge in [0, 0.05) is 32.0 Å². The highest BCUT2D eigenvalue weighted by atomic mass is 16.5. The van der Waals surface area contributed by atoms with Crippen molar-refractivity contribution in [3.8, 4) is 17.1 Å². The first-order valence-corrected chi connectivity index (χ1v) is 9.88. The fourth-order valence-corrected chi connectivity index (χ4v) is 3.40. The van der Waals surface area contributed by atoms with Gasteiger partial charge >= 0.3 is 0 Å². The van der Waals surface area contributed by atoms with Crippen molar-refractivity contribution in [1.82, 2.24) is 20.5 Å². The molecule has 2 N–H and O–H groups in total. The average molecular weight is 414 g/mol. The summed E-state index contributed by atoms with van der Waals surface area (Å²) in [5, 5.41) is 5.18. The highest BCUT2D eigenvalue weighted by Gasteiger charge is 2.33. The maximum absolute atomic E-state index is 12.4. The molecule has 160 valence electrons. The summed E-state index contributed by atoms with van der Waals surface area (Å²) in [7, 11) is 3.15. The molecule has 1 aromatic heterocycles. The number of ether oxygens (including phenoxy) is 1. The Morgan fingerprint density at radius 1 is 1.27 bits per heavy atom. The van der Waals surface area contributed by atoms with Crippen LogP contribution in [-0.2, 0) is 20.8 Å². The van der Waals surface area contributed by atoms with Crippen molar-refractivity contribution >= 4 is 17.7 Å². The standard InChI is InChI=1S/C21H26N4O5/c1-22-21(28)16-4-3-11-25(16)20(27)13-23-18(26)9-10-19-24-12-17(30-19)14-5-7-15(29-2)8-6-14/h5-8,12,16H,3-4,9-11,13H2,1-2H3,(H,22,28)(H,23,26). The van der Waals surface area contributed by atoms with E-state index in [1.807, 2.05) is 24.3 Å². The largest absolute Gasteiger partial charge is 0.497 e. The SMILES string of the molecule is CNC(=O)C1CCCN1C(=O)CNC(=O)CCc1ncc(-c2ccc(OC)cc2)o1. The smallest absolute Gasteiger partial charge is 0.242 e. The molecule has 0 radical (unpaired) electrons. The van der Waals surface area contributed by atoms with Gasteiger partial charge in [-0.05, 0) is 37.1 Å². The van der Waals surface area contributed by atoms with E-state index in [-0.39, 0.29) is 30.7 Å². The summed E-state index contributed by atoms with van der Waals surface area (Å²) in [6.45, 7) is 0.395. The van der Waals surface area contributed by atoms with Crippen molar-refractivity contribution < 1.29 is 23.5 Å². The van der Waals surface area contributed by atoms with Crippen LogP contribution in [0.2, 0.25) is 0 Å². The van der Waals surface area contributed by atoms with Crippen LogP contribution in [0.25, 0.3) is 11.3 Å². The Morgan fingerprint density at radius 3 is 2.73 bits per heavy atom. The quantitative estimate of drug-likeness (QED) is 0.670. The number of aromatic nitrogens is 1. The van der Waals surface area contributed by atoms with E-state index in [1.54, 1.807) is 20.4 Å². The van der Waals surface area contributed by atoms with Gasteiger partial charge in [0.1, 0.15) is 11.8 Å². The Kier molecular flexibility index (Phi) is 7.05. The number of hydrogen-bond donors (Lipinski definition) is 2. The van der Waals surface area contributed by atoms with Gasteiger partial charge < -0.3 is 24.7 Å². The number of hydrogen-bond acceptors (Lipinski definition) is 6. The molecule has 9 heteroatoms. The minimum Gasteiger partial charge on any atom is -0.497 e. The van der Waals surface area contributed by atoms with Gasteiger partial charge in [-0.2, -0.15) is 0 Å². The molecule has 9 nitrogen and oxygen atoms in total. The maximum atomic E-state index is 12.4. The van der Waals surface area contributed by atoms with Gasteiger partial charge in [0.15, 0.2) is 11.7 Å². The molecule has 0 spiro atoms. The second-order valence-corrected chi connectivity index (χ2v) is 6.98. The molecule has 2 heterocycles. The Hall–Kier alpha value is -3.36. The molecule has 0 bridgehead atoms. The summed E-state index contributed by atoms with van der Waals surface area (Å²) in [6, 6.07) is 6.94. The third-order valence-electron chi connectivity index (χ3n) is 5.05. The van der Waals surface area contributed by atoms with Crippen LogP contribution >= 0.6 is 0 Å². The molecule has 3 rings (SSSR count). The van der Waals surface area contributed by atoms with E-state index in [9.17, 15) is 14.4 Å². The number of likely N-dealkylation sites (tertiary alicyclic amines) is 1. The first-order valence-electron chi connectivity index (χ1n) is 9.88. The van der Waals surface area contributed by atoms with Crippen molar-refractivity contribution in [2.24, 2.45) is 0 Å². The molecule has 0 saturated carbocycles. The molecule has 2 aromatic rings. The summed E-state index contributed by atoms with van der Waals surface area (Å²) in [5.41, 5.74) is 0.862. The number of oxazole rings is 1. The van der Waals surface area contributed by atoms with E-state index in [0.29, 0.717) is 31.0 Å². The zero-order chi connectivity index (χ0) is 21.5. The number of carbonyl (C=O) groups is 3. The minimum atomic E-state index is -0.455. The Balaban J connectivity index is 1.45. The third-order valence-corrected chi connectivity index (χ3v) is 5.05. The number of carbonyl (C=O) groups excluding carboxylic acids is 3. The van der Waals surface area contributed by atoms with Crippen molar-refractivity contribution in [2.45, 2.75) is 31.7 Å². The fourth-order valence-electron chi connectivity index (χ4n) is 3.40. The molecule has 1 atom stereocenters. The van der Waals surface area contributed by atoms with Crippen LogP contribution < -0.4 is 15.4 Å². The summed E-state index contributed by atoms with van der Waals surface area (Å²) in [4.78, 5) is 42.0. The molecule has 1 fully saturated rings. The minimum absolute atomic E-state index is 0.130. The van der Waals surface area contributed by atoms with Gasteiger partial charge in [-0.3, -0.25) is 14.4 Å². The topological polar surface area (TPSA) is 114 Å². The summed E-state index contributed by atoms with van der Waals surface area (Å²) >= 11 is 0. The highest BCUT2D eigenvalue weighted by molar-refractivity contribution is 5.90. The fraction of sp³-hybridized carbons (Fsp3) is 0.429. The lowest BCUT2D eigenvalue weighted by Crippen LogP contribution is -2.48. The van der Waals surface area contributed by atoms with Gasteiger partial charge in [0.05, 0.1) is 19.9 Å².